The molecule has 2 rings (SSSR count). The Morgan fingerprint density at radius 2 is 2.11 bits per heavy atom. The third-order valence-electron chi connectivity index (χ3n) is 2.68. The van der Waals surface area contributed by atoms with Crippen LogP contribution in [0.1, 0.15) is 12.0 Å². The molecule has 1 aliphatic heterocycles. The van der Waals surface area contributed by atoms with Gasteiger partial charge in [0.1, 0.15) is 6.04 Å². The zero-order chi connectivity index (χ0) is 13.3. The molecule has 0 bridgehead atoms. The molecule has 0 saturated carbocycles. The van der Waals surface area contributed by atoms with Gasteiger partial charge in [0.15, 0.2) is 0 Å². The van der Waals surface area contributed by atoms with E-state index in [0.717, 1.165) is 6.08 Å². The molecule has 1 atom stereocenters. The molecule has 3 N–H and O–H groups in total. The summed E-state index contributed by atoms with van der Waals surface area (Å²) in [5.74, 6) is -2.13. The highest BCUT2D eigenvalue weighted by molar-refractivity contribution is 6.31. The van der Waals surface area contributed by atoms with Crippen LogP contribution >= 0.6 is 11.6 Å². The number of rotatable bonds is 2. The Hall–Kier alpha value is -2.01. The van der Waals surface area contributed by atoms with E-state index in [-0.39, 0.29) is 6.42 Å². The molecule has 18 heavy (non-hydrogen) atoms. The maximum Gasteiger partial charge on any atom is 0.328 e. The molecule has 5 nitrogen and oxygen atoms in total. The molecule has 1 aromatic carbocycles. The van der Waals surface area contributed by atoms with Crippen molar-refractivity contribution in [3.63, 3.8) is 0 Å². The molecule has 0 fully saturated rings. The molecule has 6 heteroatoms. The van der Waals surface area contributed by atoms with E-state index in [9.17, 15) is 9.59 Å². The lowest BCUT2D eigenvalue weighted by molar-refractivity contribution is -0.138. The summed E-state index contributed by atoms with van der Waals surface area (Å²) in [6, 6.07) is 4.06. The second kappa shape index (κ2) is 4.70. The first-order valence-electron chi connectivity index (χ1n) is 5.20. The van der Waals surface area contributed by atoms with E-state index < -0.39 is 18.0 Å². The third-order valence-corrected chi connectivity index (χ3v) is 2.91. The molecule has 1 aliphatic rings. The van der Waals surface area contributed by atoms with Crippen LogP contribution in [0.15, 0.2) is 24.3 Å². The topological polar surface area (TPSA) is 86.6 Å². The smallest absolute Gasteiger partial charge is 0.328 e. The van der Waals surface area contributed by atoms with E-state index in [1.54, 1.807) is 18.2 Å². The van der Waals surface area contributed by atoms with Crippen LogP contribution in [0.4, 0.5) is 5.69 Å². The molecule has 0 saturated heterocycles. The van der Waals surface area contributed by atoms with Gasteiger partial charge in [-0.05, 0) is 17.7 Å². The fourth-order valence-corrected chi connectivity index (χ4v) is 2.09. The summed E-state index contributed by atoms with van der Waals surface area (Å²) in [6.07, 6.45) is 1.15. The van der Waals surface area contributed by atoms with E-state index in [1.807, 2.05) is 0 Å². The normalized spacial score (nSPS) is 20.1. The molecule has 1 unspecified atom stereocenters. The summed E-state index contributed by atoms with van der Waals surface area (Å²) in [4.78, 5) is 21.8. The minimum absolute atomic E-state index is 0.121. The largest absolute Gasteiger partial charge is 0.480 e. The van der Waals surface area contributed by atoms with Crippen LogP contribution in [-0.2, 0) is 9.59 Å². The fraction of sp³-hybridized carbons (Fsp3) is 0.167. The van der Waals surface area contributed by atoms with Crippen molar-refractivity contribution in [3.8, 4) is 0 Å². The van der Waals surface area contributed by atoms with E-state index in [0.29, 0.717) is 21.8 Å². The number of fused-ring (bicyclic) bond motifs is 1. The van der Waals surface area contributed by atoms with Crippen LogP contribution in [-0.4, -0.2) is 28.2 Å². The maximum absolute atomic E-state index is 11.0. The van der Waals surface area contributed by atoms with Crippen LogP contribution in [0.2, 0.25) is 5.02 Å². The predicted molar refractivity (Wildman–Crippen MR) is 66.7 cm³/mol. The molecular weight excluding hydrogens is 258 g/mol. The second-order valence-electron chi connectivity index (χ2n) is 3.94. The number of hydrogen-bond acceptors (Lipinski definition) is 3. The van der Waals surface area contributed by atoms with Crippen LogP contribution in [0.3, 0.4) is 0 Å². The van der Waals surface area contributed by atoms with Gasteiger partial charge in [-0.25, -0.2) is 9.59 Å². The lowest BCUT2D eigenvalue weighted by Gasteiger charge is -2.26. The summed E-state index contributed by atoms with van der Waals surface area (Å²) in [7, 11) is 0. The van der Waals surface area contributed by atoms with Crippen molar-refractivity contribution >= 4 is 34.8 Å². The fourth-order valence-electron chi connectivity index (χ4n) is 1.92. The Morgan fingerprint density at radius 3 is 2.72 bits per heavy atom. The van der Waals surface area contributed by atoms with Crippen molar-refractivity contribution in [2.24, 2.45) is 0 Å². The monoisotopic (exact) mass is 267 g/mol. The summed E-state index contributed by atoms with van der Waals surface area (Å²) in [6.45, 7) is 0. The quantitative estimate of drug-likeness (QED) is 0.714. The Balaban J connectivity index is 2.50. The molecule has 0 aliphatic carbocycles. The van der Waals surface area contributed by atoms with Crippen molar-refractivity contribution in [2.75, 3.05) is 5.32 Å². The number of aliphatic carboxylic acids is 2. The first-order valence-corrected chi connectivity index (χ1v) is 5.58. The van der Waals surface area contributed by atoms with Gasteiger partial charge in [-0.15, -0.1) is 0 Å². The number of benzene rings is 1. The second-order valence-corrected chi connectivity index (χ2v) is 4.37. The van der Waals surface area contributed by atoms with Gasteiger partial charge in [-0.3, -0.25) is 0 Å². The summed E-state index contributed by atoms with van der Waals surface area (Å²) in [5, 5.41) is 21.1. The number of halogens is 1. The number of nitrogens with one attached hydrogen (secondary N) is 1. The van der Waals surface area contributed by atoms with Crippen molar-refractivity contribution in [3.05, 3.63) is 34.9 Å². The van der Waals surface area contributed by atoms with Crippen molar-refractivity contribution in [1.82, 2.24) is 0 Å². The van der Waals surface area contributed by atoms with Gasteiger partial charge >= 0.3 is 11.9 Å². The van der Waals surface area contributed by atoms with E-state index >= 15 is 0 Å². The SMILES string of the molecule is O=C(O)C=C1CC(C(=O)O)Nc2cc(Cl)ccc21. The Morgan fingerprint density at radius 1 is 1.39 bits per heavy atom. The van der Waals surface area contributed by atoms with E-state index in [1.165, 1.54) is 0 Å². The Bertz CT molecular complexity index is 553. The lowest BCUT2D eigenvalue weighted by Crippen LogP contribution is -2.32. The molecule has 0 aromatic heterocycles. The van der Waals surface area contributed by atoms with Gasteiger partial charge in [-0.2, -0.15) is 0 Å². The first kappa shape index (κ1) is 12.4. The number of anilines is 1. The highest BCUT2D eigenvalue weighted by atomic mass is 35.5. The van der Waals surface area contributed by atoms with Crippen LogP contribution in [0, 0.1) is 0 Å². The van der Waals surface area contributed by atoms with Crippen LogP contribution in [0.25, 0.3) is 5.57 Å². The minimum Gasteiger partial charge on any atom is -0.480 e. The third kappa shape index (κ3) is 2.46. The maximum atomic E-state index is 11.0. The zero-order valence-corrected chi connectivity index (χ0v) is 9.94. The van der Waals surface area contributed by atoms with Crippen LogP contribution in [0.5, 0.6) is 0 Å². The molecule has 0 spiro atoms. The average molecular weight is 268 g/mol. The molecule has 1 aromatic rings. The minimum atomic E-state index is -1.10. The predicted octanol–water partition coefficient (Wildman–Crippen LogP) is 2.08. The average Bonchev–Trinajstić information content (AvgIpc) is 2.27. The van der Waals surface area contributed by atoms with Crippen molar-refractivity contribution in [2.45, 2.75) is 12.5 Å². The molecular formula is C12H10ClNO4. The highest BCUT2D eigenvalue weighted by Crippen LogP contribution is 2.35. The van der Waals surface area contributed by atoms with Crippen molar-refractivity contribution in [1.29, 1.82) is 0 Å². The molecule has 0 amide bonds. The van der Waals surface area contributed by atoms with Crippen molar-refractivity contribution < 1.29 is 19.8 Å². The Kier molecular flexibility index (Phi) is 3.25. The lowest BCUT2D eigenvalue weighted by atomic mass is 9.92. The van der Waals surface area contributed by atoms with Gasteiger partial charge in [0.2, 0.25) is 0 Å². The van der Waals surface area contributed by atoms with Gasteiger partial charge < -0.3 is 15.5 Å². The van der Waals surface area contributed by atoms with Crippen LogP contribution < -0.4 is 5.32 Å². The summed E-state index contributed by atoms with van der Waals surface area (Å²) in [5.41, 5.74) is 1.67. The first-order chi connectivity index (χ1) is 8.47. The van der Waals surface area contributed by atoms with Gasteiger partial charge in [0, 0.05) is 28.8 Å². The standard InChI is InChI=1S/C12H10ClNO4/c13-7-1-2-8-6(4-11(15)16)3-10(12(17)18)14-9(8)5-7/h1-2,4-5,10,14H,3H2,(H,15,16)(H,17,18). The van der Waals surface area contributed by atoms with E-state index in [2.05, 4.69) is 5.32 Å². The zero-order valence-electron chi connectivity index (χ0n) is 9.18. The highest BCUT2D eigenvalue weighted by Gasteiger charge is 2.27. The molecule has 1 heterocycles. The number of carbonyl (C=O) groups is 2. The molecule has 0 radical (unpaired) electrons. The van der Waals surface area contributed by atoms with Gasteiger partial charge in [0.05, 0.1) is 0 Å². The number of carboxylic acids is 2. The van der Waals surface area contributed by atoms with Gasteiger partial charge in [0.25, 0.3) is 0 Å². The number of hydrogen-bond donors (Lipinski definition) is 3. The number of carboxylic acid groups (broad SMARTS) is 2. The Labute approximate surface area is 108 Å². The summed E-state index contributed by atoms with van der Waals surface area (Å²) >= 11 is 5.83. The molecule has 94 valence electrons. The van der Waals surface area contributed by atoms with E-state index in [4.69, 9.17) is 21.8 Å². The van der Waals surface area contributed by atoms with Gasteiger partial charge in [-0.1, -0.05) is 17.7 Å². The summed E-state index contributed by atoms with van der Waals surface area (Å²) < 4.78 is 0.